The Bertz CT molecular complexity index is 394. The zero-order chi connectivity index (χ0) is 18.4. The summed E-state index contributed by atoms with van der Waals surface area (Å²) in [5, 5.41) is 9.64. The molecule has 9 nitrogen and oxygen atoms in total. The van der Waals surface area contributed by atoms with Crippen molar-refractivity contribution >= 4 is 33.6 Å². The molecule has 0 aliphatic carbocycles. The largest absolute Gasteiger partial charge is 0.447 e. The molecule has 0 unspecified atom stereocenters. The molecule has 0 saturated heterocycles. The lowest BCUT2D eigenvalue weighted by molar-refractivity contribution is -0.756. The van der Waals surface area contributed by atoms with E-state index in [1.54, 1.807) is 0 Å². The molecule has 0 aliphatic heterocycles. The van der Waals surface area contributed by atoms with E-state index in [9.17, 15) is 19.7 Å². The number of hydrogen-bond donors (Lipinski definition) is 1. The molecule has 2 N–H and O–H groups in total. The fraction of sp³-hybridized carbons (Fsp3) is 0.846. The number of rotatable bonds is 13. The Balaban J connectivity index is 3.92. The lowest BCUT2D eigenvalue weighted by atomic mass is 9.97. The highest BCUT2D eigenvalue weighted by molar-refractivity contribution is 8.76. The average molecular weight is 383 g/mol. The molecule has 0 atom stereocenters. The van der Waals surface area contributed by atoms with E-state index in [0.29, 0.717) is 29.4 Å². The van der Waals surface area contributed by atoms with Crippen LogP contribution in [0.1, 0.15) is 39.5 Å². The van der Waals surface area contributed by atoms with Gasteiger partial charge in [-0.05, 0) is 12.8 Å². The Labute approximate surface area is 149 Å². The molecule has 0 heterocycles. The minimum Gasteiger partial charge on any atom is -0.447 e. The van der Waals surface area contributed by atoms with Gasteiger partial charge < -0.3 is 9.57 Å². The van der Waals surface area contributed by atoms with Crippen molar-refractivity contribution in [3.63, 3.8) is 0 Å². The van der Waals surface area contributed by atoms with Crippen molar-refractivity contribution in [2.24, 2.45) is 11.8 Å². The molecule has 2 amide bonds. The summed E-state index contributed by atoms with van der Waals surface area (Å²) in [6.45, 7) is 4.05. The van der Waals surface area contributed by atoms with E-state index < -0.39 is 17.1 Å². The monoisotopic (exact) mass is 383 g/mol. The predicted octanol–water partition coefficient (Wildman–Crippen LogP) is 2.63. The van der Waals surface area contributed by atoms with Crippen LogP contribution in [0.4, 0.5) is 4.79 Å². The predicted molar refractivity (Wildman–Crippen MR) is 93.5 cm³/mol. The molecule has 0 aliphatic rings. The SMILES string of the molecule is CCCC(CCC)C(=O)N(N)C(=O)OCCSSCCO[N+](=O)[O-]. The molecule has 0 bridgehead atoms. The van der Waals surface area contributed by atoms with Crippen LogP contribution >= 0.6 is 21.6 Å². The third-order valence-electron chi connectivity index (χ3n) is 2.90. The molecule has 140 valence electrons. The van der Waals surface area contributed by atoms with Crippen LogP contribution in [0.15, 0.2) is 0 Å². The van der Waals surface area contributed by atoms with Crippen LogP contribution in [0.2, 0.25) is 0 Å². The highest BCUT2D eigenvalue weighted by Crippen LogP contribution is 2.20. The van der Waals surface area contributed by atoms with Gasteiger partial charge in [-0.25, -0.2) is 10.6 Å². The van der Waals surface area contributed by atoms with E-state index >= 15 is 0 Å². The molecule has 0 rings (SSSR count). The number of imide groups is 1. The molecule has 11 heteroatoms. The topological polar surface area (TPSA) is 125 Å². The third kappa shape index (κ3) is 10.6. The average Bonchev–Trinajstić information content (AvgIpc) is 2.55. The first kappa shape index (κ1) is 22.8. The molecule has 0 aromatic rings. The van der Waals surface area contributed by atoms with Gasteiger partial charge in [0.25, 0.3) is 5.09 Å². The maximum absolute atomic E-state index is 12.1. The van der Waals surface area contributed by atoms with Crippen molar-refractivity contribution in [3.8, 4) is 0 Å². The normalized spacial score (nSPS) is 10.5. The zero-order valence-electron chi connectivity index (χ0n) is 14.0. The summed E-state index contributed by atoms with van der Waals surface area (Å²) in [6, 6.07) is 0. The second-order valence-electron chi connectivity index (χ2n) is 4.80. The number of amides is 2. The first-order valence-corrected chi connectivity index (χ1v) is 10.2. The van der Waals surface area contributed by atoms with Crippen molar-refractivity contribution in [3.05, 3.63) is 10.1 Å². The first-order chi connectivity index (χ1) is 11.4. The molecular weight excluding hydrogens is 358 g/mol. The van der Waals surface area contributed by atoms with Crippen molar-refractivity contribution in [1.82, 2.24) is 5.01 Å². The van der Waals surface area contributed by atoms with Gasteiger partial charge in [0.2, 0.25) is 5.91 Å². The number of carbonyl (C=O) groups is 2. The van der Waals surface area contributed by atoms with Gasteiger partial charge in [0.1, 0.15) is 13.2 Å². The molecule has 0 radical (unpaired) electrons. The standard InChI is InChI=1S/C13H25N3O6S2/c1-3-5-11(6-4-2)12(17)15(14)13(18)21-7-9-23-24-10-8-22-16(19)20/h11H,3-10,14H2,1-2H3. The molecular formula is C13H25N3O6S2. The fourth-order valence-electron chi connectivity index (χ4n) is 1.87. The van der Waals surface area contributed by atoms with E-state index in [1.165, 1.54) is 21.6 Å². The van der Waals surface area contributed by atoms with Gasteiger partial charge in [-0.2, -0.15) is 5.01 Å². The number of nitrogens with zero attached hydrogens (tertiary/aromatic N) is 2. The Hall–Kier alpha value is -1.20. The van der Waals surface area contributed by atoms with E-state index in [1.807, 2.05) is 13.8 Å². The third-order valence-corrected chi connectivity index (χ3v) is 5.23. The van der Waals surface area contributed by atoms with Crippen molar-refractivity contribution in [2.45, 2.75) is 39.5 Å². The second-order valence-corrected chi connectivity index (χ2v) is 7.50. The van der Waals surface area contributed by atoms with Crippen molar-refractivity contribution < 1.29 is 24.3 Å². The minimum absolute atomic E-state index is 0.00573. The Kier molecular flexibility index (Phi) is 13.5. The summed E-state index contributed by atoms with van der Waals surface area (Å²) in [5.74, 6) is 5.79. The number of ether oxygens (including phenoxy) is 1. The molecule has 0 aromatic heterocycles. The van der Waals surface area contributed by atoms with E-state index in [2.05, 4.69) is 4.84 Å². The van der Waals surface area contributed by atoms with Gasteiger partial charge in [0, 0.05) is 17.4 Å². The van der Waals surface area contributed by atoms with Gasteiger partial charge in [0.05, 0.1) is 0 Å². The van der Waals surface area contributed by atoms with Crippen LogP contribution in [-0.4, -0.2) is 46.8 Å². The van der Waals surface area contributed by atoms with Gasteiger partial charge >= 0.3 is 6.09 Å². The van der Waals surface area contributed by atoms with Crippen molar-refractivity contribution in [2.75, 3.05) is 24.7 Å². The van der Waals surface area contributed by atoms with Crippen LogP contribution < -0.4 is 5.84 Å². The Morgan fingerprint density at radius 3 is 2.21 bits per heavy atom. The summed E-state index contributed by atoms with van der Waals surface area (Å²) in [5.41, 5.74) is 0. The Morgan fingerprint density at radius 2 is 1.71 bits per heavy atom. The van der Waals surface area contributed by atoms with Crippen LogP contribution in [0.25, 0.3) is 0 Å². The lowest BCUT2D eigenvalue weighted by Crippen LogP contribution is -2.46. The molecule has 0 saturated carbocycles. The number of carbonyl (C=O) groups excluding carboxylic acids is 2. The number of hydrazine groups is 1. The van der Waals surface area contributed by atoms with Crippen LogP contribution in [0.5, 0.6) is 0 Å². The summed E-state index contributed by atoms with van der Waals surface area (Å²) in [4.78, 5) is 38.0. The molecule has 0 fully saturated rings. The molecule has 0 spiro atoms. The highest BCUT2D eigenvalue weighted by Gasteiger charge is 2.26. The first-order valence-electron chi connectivity index (χ1n) is 7.71. The highest BCUT2D eigenvalue weighted by atomic mass is 33.1. The quantitative estimate of drug-likeness (QED) is 0.127. The summed E-state index contributed by atoms with van der Waals surface area (Å²) >= 11 is 0. The number of hydrogen-bond acceptors (Lipinski definition) is 9. The van der Waals surface area contributed by atoms with Gasteiger partial charge in [-0.3, -0.25) is 4.79 Å². The van der Waals surface area contributed by atoms with Gasteiger partial charge in [0.15, 0.2) is 0 Å². The van der Waals surface area contributed by atoms with E-state index in [4.69, 9.17) is 10.6 Å². The lowest BCUT2D eigenvalue weighted by Gasteiger charge is -2.20. The van der Waals surface area contributed by atoms with Crippen LogP contribution in [0, 0.1) is 16.0 Å². The Morgan fingerprint density at radius 1 is 1.17 bits per heavy atom. The summed E-state index contributed by atoms with van der Waals surface area (Å²) < 4.78 is 4.94. The second kappa shape index (κ2) is 14.2. The fourth-order valence-corrected chi connectivity index (χ4v) is 3.52. The minimum atomic E-state index is -0.862. The van der Waals surface area contributed by atoms with E-state index in [0.717, 1.165) is 12.8 Å². The smallest absolute Gasteiger partial charge is 0.431 e. The van der Waals surface area contributed by atoms with Gasteiger partial charge in [-0.15, -0.1) is 10.1 Å². The summed E-state index contributed by atoms with van der Waals surface area (Å²) in [6.07, 6.45) is 2.19. The van der Waals surface area contributed by atoms with E-state index in [-0.39, 0.29) is 19.1 Å². The maximum Gasteiger partial charge on any atom is 0.431 e. The van der Waals surface area contributed by atoms with Gasteiger partial charge in [-0.1, -0.05) is 48.3 Å². The molecule has 24 heavy (non-hydrogen) atoms. The van der Waals surface area contributed by atoms with Crippen LogP contribution in [0.3, 0.4) is 0 Å². The zero-order valence-corrected chi connectivity index (χ0v) is 15.6. The molecule has 0 aromatic carbocycles. The summed E-state index contributed by atoms with van der Waals surface area (Å²) in [7, 11) is 2.75. The van der Waals surface area contributed by atoms with Crippen molar-refractivity contribution in [1.29, 1.82) is 0 Å². The number of nitrogens with two attached hydrogens (primary N) is 1. The van der Waals surface area contributed by atoms with Crippen LogP contribution in [-0.2, 0) is 14.4 Å². The maximum atomic E-state index is 12.1.